The Morgan fingerprint density at radius 3 is 3.05 bits per heavy atom. The van der Waals surface area contributed by atoms with Gasteiger partial charge in [0.25, 0.3) is 0 Å². The maximum atomic E-state index is 11.8. The summed E-state index contributed by atoms with van der Waals surface area (Å²) in [7, 11) is 1.58. The molecule has 2 N–H and O–H groups in total. The zero-order chi connectivity index (χ0) is 14.2. The number of methoxy groups -OCH3 is 1. The smallest absolute Gasteiger partial charge is 0.234 e. The lowest BCUT2D eigenvalue weighted by Crippen LogP contribution is -2.42. The largest absolute Gasteiger partial charge is 0.481 e. The summed E-state index contributed by atoms with van der Waals surface area (Å²) in [5.74, 6) is 0.605. The van der Waals surface area contributed by atoms with Gasteiger partial charge in [0.2, 0.25) is 11.8 Å². The highest BCUT2D eigenvalue weighted by Crippen LogP contribution is 2.08. The fourth-order valence-electron chi connectivity index (χ4n) is 2.11. The average Bonchev–Trinajstić information content (AvgIpc) is 2.48. The van der Waals surface area contributed by atoms with Crippen molar-refractivity contribution in [2.45, 2.75) is 25.4 Å². The fraction of sp³-hybridized carbons (Fsp3) is 0.571. The zero-order valence-electron chi connectivity index (χ0n) is 11.7. The molecule has 1 fully saturated rings. The number of aromatic nitrogens is 1. The van der Waals surface area contributed by atoms with E-state index in [4.69, 9.17) is 9.47 Å². The van der Waals surface area contributed by atoms with Crippen LogP contribution >= 0.6 is 0 Å². The number of carbonyl (C=O) groups is 1. The Labute approximate surface area is 118 Å². The van der Waals surface area contributed by atoms with Gasteiger partial charge in [0.05, 0.1) is 13.7 Å². The first-order chi connectivity index (χ1) is 9.78. The minimum Gasteiger partial charge on any atom is -0.481 e. The number of carbonyl (C=O) groups excluding carboxylic acids is 1. The summed E-state index contributed by atoms with van der Waals surface area (Å²) >= 11 is 0. The molecule has 1 aromatic heterocycles. The van der Waals surface area contributed by atoms with Crippen LogP contribution in [0.2, 0.25) is 0 Å². The molecule has 0 saturated carbocycles. The monoisotopic (exact) mass is 279 g/mol. The normalized spacial score (nSPS) is 15.8. The van der Waals surface area contributed by atoms with Crippen LogP contribution in [0.15, 0.2) is 18.3 Å². The first-order valence-electron chi connectivity index (χ1n) is 6.84. The molecule has 1 aliphatic rings. The molecule has 6 nitrogen and oxygen atoms in total. The van der Waals surface area contributed by atoms with E-state index in [0.29, 0.717) is 19.0 Å². The molecule has 0 spiro atoms. The van der Waals surface area contributed by atoms with E-state index in [-0.39, 0.29) is 11.9 Å². The Morgan fingerprint density at radius 2 is 2.30 bits per heavy atom. The predicted molar refractivity (Wildman–Crippen MR) is 74.5 cm³/mol. The lowest BCUT2D eigenvalue weighted by molar-refractivity contribution is -0.121. The second kappa shape index (κ2) is 7.81. The number of hydrogen-bond donors (Lipinski definition) is 2. The van der Waals surface area contributed by atoms with Crippen molar-refractivity contribution < 1.29 is 14.3 Å². The molecule has 0 aliphatic carbocycles. The molecule has 1 saturated heterocycles. The highest BCUT2D eigenvalue weighted by molar-refractivity contribution is 5.78. The third kappa shape index (κ3) is 4.79. The molecule has 0 atom stereocenters. The SMILES string of the molecule is COc1cc(CNCC(=O)NC2CCOCC2)ccn1. The van der Waals surface area contributed by atoms with Crippen molar-refractivity contribution in [1.29, 1.82) is 0 Å². The van der Waals surface area contributed by atoms with E-state index in [1.165, 1.54) is 0 Å². The lowest BCUT2D eigenvalue weighted by Gasteiger charge is -2.23. The summed E-state index contributed by atoms with van der Waals surface area (Å²) in [5, 5.41) is 6.12. The fourth-order valence-corrected chi connectivity index (χ4v) is 2.11. The number of nitrogens with zero attached hydrogens (tertiary/aromatic N) is 1. The summed E-state index contributed by atoms with van der Waals surface area (Å²) in [6.07, 6.45) is 3.48. The van der Waals surface area contributed by atoms with Gasteiger partial charge in [-0.25, -0.2) is 4.98 Å². The van der Waals surface area contributed by atoms with Crippen molar-refractivity contribution in [2.75, 3.05) is 26.9 Å². The molecule has 0 aromatic carbocycles. The van der Waals surface area contributed by atoms with Crippen molar-refractivity contribution in [3.8, 4) is 5.88 Å². The second-order valence-electron chi connectivity index (χ2n) is 4.76. The van der Waals surface area contributed by atoms with E-state index in [2.05, 4.69) is 15.6 Å². The van der Waals surface area contributed by atoms with Gasteiger partial charge >= 0.3 is 0 Å². The molecule has 1 aromatic rings. The summed E-state index contributed by atoms with van der Waals surface area (Å²) in [6.45, 7) is 2.38. The summed E-state index contributed by atoms with van der Waals surface area (Å²) in [6, 6.07) is 3.99. The van der Waals surface area contributed by atoms with E-state index in [0.717, 1.165) is 31.6 Å². The van der Waals surface area contributed by atoms with E-state index in [1.54, 1.807) is 13.3 Å². The van der Waals surface area contributed by atoms with Crippen LogP contribution < -0.4 is 15.4 Å². The van der Waals surface area contributed by atoms with E-state index in [9.17, 15) is 4.79 Å². The van der Waals surface area contributed by atoms with Gasteiger partial charge < -0.3 is 20.1 Å². The quantitative estimate of drug-likeness (QED) is 0.792. The first-order valence-corrected chi connectivity index (χ1v) is 6.84. The molecule has 0 bridgehead atoms. The van der Waals surface area contributed by atoms with Gasteiger partial charge in [-0.15, -0.1) is 0 Å². The Morgan fingerprint density at radius 1 is 1.50 bits per heavy atom. The van der Waals surface area contributed by atoms with Crippen LogP contribution in [0.4, 0.5) is 0 Å². The van der Waals surface area contributed by atoms with Gasteiger partial charge in [-0.1, -0.05) is 0 Å². The molecule has 2 heterocycles. The number of hydrogen-bond acceptors (Lipinski definition) is 5. The Balaban J connectivity index is 1.67. The summed E-state index contributed by atoms with van der Waals surface area (Å²) in [5.41, 5.74) is 1.04. The van der Waals surface area contributed by atoms with Crippen LogP contribution in [-0.2, 0) is 16.1 Å². The Hall–Kier alpha value is -1.66. The van der Waals surface area contributed by atoms with Gasteiger partial charge in [-0.2, -0.15) is 0 Å². The average molecular weight is 279 g/mol. The van der Waals surface area contributed by atoms with Crippen LogP contribution in [-0.4, -0.2) is 43.8 Å². The molecular formula is C14H21N3O3. The molecule has 110 valence electrons. The minimum absolute atomic E-state index is 0.0259. The summed E-state index contributed by atoms with van der Waals surface area (Å²) in [4.78, 5) is 15.8. The summed E-state index contributed by atoms with van der Waals surface area (Å²) < 4.78 is 10.3. The van der Waals surface area contributed by atoms with E-state index >= 15 is 0 Å². The van der Waals surface area contributed by atoms with Crippen LogP contribution in [0.25, 0.3) is 0 Å². The molecule has 1 amide bonds. The number of nitrogens with one attached hydrogen (secondary N) is 2. The number of ether oxygens (including phenoxy) is 2. The third-order valence-electron chi connectivity index (χ3n) is 3.21. The molecule has 1 aliphatic heterocycles. The lowest BCUT2D eigenvalue weighted by atomic mass is 10.1. The third-order valence-corrected chi connectivity index (χ3v) is 3.21. The van der Waals surface area contributed by atoms with Gasteiger partial charge in [-0.3, -0.25) is 4.79 Å². The van der Waals surface area contributed by atoms with Gasteiger partial charge in [0, 0.05) is 38.1 Å². The van der Waals surface area contributed by atoms with Crippen molar-refractivity contribution in [3.05, 3.63) is 23.9 Å². The Bertz CT molecular complexity index is 433. The van der Waals surface area contributed by atoms with Crippen molar-refractivity contribution in [1.82, 2.24) is 15.6 Å². The first kappa shape index (κ1) is 14.7. The predicted octanol–water partition coefficient (Wildman–Crippen LogP) is 0.475. The van der Waals surface area contributed by atoms with Crippen LogP contribution in [0, 0.1) is 0 Å². The van der Waals surface area contributed by atoms with Gasteiger partial charge in [0.1, 0.15) is 0 Å². The maximum absolute atomic E-state index is 11.8. The number of amides is 1. The molecule has 0 unspecified atom stereocenters. The molecule has 6 heteroatoms. The van der Waals surface area contributed by atoms with Crippen LogP contribution in [0.3, 0.4) is 0 Å². The second-order valence-corrected chi connectivity index (χ2v) is 4.76. The number of pyridine rings is 1. The Kier molecular flexibility index (Phi) is 5.76. The van der Waals surface area contributed by atoms with Gasteiger partial charge in [0.15, 0.2) is 0 Å². The van der Waals surface area contributed by atoms with Crippen LogP contribution in [0.1, 0.15) is 18.4 Å². The topological polar surface area (TPSA) is 72.5 Å². The van der Waals surface area contributed by atoms with Crippen molar-refractivity contribution in [3.63, 3.8) is 0 Å². The number of rotatable bonds is 6. The van der Waals surface area contributed by atoms with Crippen molar-refractivity contribution in [2.24, 2.45) is 0 Å². The minimum atomic E-state index is 0.0259. The molecule has 0 radical (unpaired) electrons. The molecule has 20 heavy (non-hydrogen) atoms. The molecule has 2 rings (SSSR count). The van der Waals surface area contributed by atoms with Crippen LogP contribution in [0.5, 0.6) is 5.88 Å². The van der Waals surface area contributed by atoms with E-state index < -0.39 is 0 Å². The zero-order valence-corrected chi connectivity index (χ0v) is 11.7. The maximum Gasteiger partial charge on any atom is 0.234 e. The van der Waals surface area contributed by atoms with Crippen molar-refractivity contribution >= 4 is 5.91 Å². The van der Waals surface area contributed by atoms with E-state index in [1.807, 2.05) is 12.1 Å². The van der Waals surface area contributed by atoms with Gasteiger partial charge in [-0.05, 0) is 24.5 Å². The highest BCUT2D eigenvalue weighted by Gasteiger charge is 2.15. The highest BCUT2D eigenvalue weighted by atomic mass is 16.5. The molecular weight excluding hydrogens is 258 g/mol. The standard InChI is InChI=1S/C14H21N3O3/c1-19-14-8-11(2-5-16-14)9-15-10-13(18)17-12-3-6-20-7-4-12/h2,5,8,12,15H,3-4,6-7,9-10H2,1H3,(H,17,18).